The highest BCUT2D eigenvalue weighted by molar-refractivity contribution is 14.1. The van der Waals surface area contributed by atoms with Gasteiger partial charge < -0.3 is 10.2 Å². The Hall–Kier alpha value is -2.09. The molecule has 0 bridgehead atoms. The third-order valence-electron chi connectivity index (χ3n) is 2.04. The Morgan fingerprint density at radius 2 is 1.23 bits per heavy atom. The maximum Gasteiger partial charge on any atom is 0.300 e. The van der Waals surface area contributed by atoms with Crippen LogP contribution in [0.4, 0.5) is 0 Å². The van der Waals surface area contributed by atoms with Crippen molar-refractivity contribution in [3.05, 3.63) is 58.2 Å². The van der Waals surface area contributed by atoms with Crippen molar-refractivity contribution in [2.24, 2.45) is 0 Å². The number of carbonyl (C=O) groups is 2. The van der Waals surface area contributed by atoms with E-state index >= 15 is 0 Å². The summed E-state index contributed by atoms with van der Waals surface area (Å²) in [6, 6.07) is 17.9. The van der Waals surface area contributed by atoms with Gasteiger partial charge in [-0.3, -0.25) is 12.7 Å². The van der Waals surface area contributed by atoms with Crippen LogP contribution in [0.2, 0.25) is 0 Å². The van der Waals surface area contributed by atoms with Crippen LogP contribution in [0, 0.1) is 3.57 Å². The van der Waals surface area contributed by atoms with Gasteiger partial charge in [0.05, 0.1) is 3.57 Å². The van der Waals surface area contributed by atoms with Gasteiger partial charge in [-0.25, -0.2) is 0 Å². The van der Waals surface area contributed by atoms with Crippen LogP contribution in [0.3, 0.4) is 0 Å². The molecule has 22 heavy (non-hydrogen) atoms. The van der Waals surface area contributed by atoms with Crippen LogP contribution in [0.1, 0.15) is 13.8 Å². The van der Waals surface area contributed by atoms with E-state index in [9.17, 15) is 3.07 Å². The van der Waals surface area contributed by atoms with Gasteiger partial charge in [0.2, 0.25) is 0 Å². The Balaban J connectivity index is 0.000000464. The van der Waals surface area contributed by atoms with Crippen molar-refractivity contribution in [3.63, 3.8) is 0 Å². The third-order valence-corrected chi connectivity index (χ3v) is 3.46. The normalized spacial score (nSPS) is 8.64. The minimum atomic E-state index is -1.09. The van der Waals surface area contributed by atoms with Gasteiger partial charge in [0.15, 0.2) is 21.2 Å². The smallest absolute Gasteiger partial charge is 0.300 e. The topological polar surface area (TPSA) is 91.7 Å². The van der Waals surface area contributed by atoms with E-state index in [0.717, 1.165) is 28.5 Å². The van der Waals surface area contributed by atoms with Crippen LogP contribution in [0.15, 0.2) is 54.6 Å². The Labute approximate surface area is 139 Å². The zero-order chi connectivity index (χ0) is 17.0. The first kappa shape index (κ1) is 19.9. The largest absolute Gasteiger partial charge is 0.481 e. The Kier molecular flexibility index (Phi) is 10.5. The number of rotatable bonds is 2. The van der Waals surface area contributed by atoms with E-state index in [0.29, 0.717) is 0 Å². The number of carboxylic acid groups (broad SMARTS) is 2. The average molecular weight is 416 g/mol. The molecule has 0 saturated carbocycles. The molecular weight excluding hydrogens is 399 g/mol. The van der Waals surface area contributed by atoms with E-state index in [-0.39, 0.29) is 0 Å². The van der Waals surface area contributed by atoms with E-state index in [1.165, 1.54) is 0 Å². The lowest BCUT2D eigenvalue weighted by Gasteiger charge is -2.02. The summed E-state index contributed by atoms with van der Waals surface area (Å²) in [5, 5.41) is 14.8. The van der Waals surface area contributed by atoms with Crippen molar-refractivity contribution >= 4 is 33.1 Å². The highest BCUT2D eigenvalue weighted by Crippen LogP contribution is 2.26. The van der Waals surface area contributed by atoms with Gasteiger partial charge in [0, 0.05) is 13.8 Å². The van der Waals surface area contributed by atoms with Gasteiger partial charge in [-0.2, -0.15) is 0 Å². The summed E-state index contributed by atoms with van der Waals surface area (Å²) in [5.41, 5.74) is 2.23. The molecular formula is C16H17IO5. The molecule has 0 aliphatic carbocycles. The van der Waals surface area contributed by atoms with Crippen molar-refractivity contribution < 1.29 is 22.9 Å². The number of benzene rings is 2. The van der Waals surface area contributed by atoms with Crippen molar-refractivity contribution in [2.75, 3.05) is 0 Å². The number of aliphatic carboxylic acids is 2. The molecule has 0 fully saturated rings. The Morgan fingerprint density at radius 3 is 1.68 bits per heavy atom. The second-order valence-corrected chi connectivity index (χ2v) is 5.56. The summed E-state index contributed by atoms with van der Waals surface area (Å²) in [6.07, 6.45) is 0. The second-order valence-electron chi connectivity index (χ2n) is 3.96. The van der Waals surface area contributed by atoms with Crippen LogP contribution >= 0.6 is 21.2 Å². The maximum atomic E-state index is 11.0. The van der Waals surface area contributed by atoms with Crippen molar-refractivity contribution in [3.8, 4) is 11.1 Å². The lowest BCUT2D eigenvalue weighted by Crippen LogP contribution is -1.81. The quantitative estimate of drug-likeness (QED) is 0.722. The molecule has 0 saturated heterocycles. The SMILES string of the molecule is CC(=O)O.CC(=O)O.O=Ic1ccccc1-c1ccccc1. The van der Waals surface area contributed by atoms with E-state index < -0.39 is 33.1 Å². The molecule has 0 aliphatic heterocycles. The molecule has 0 radical (unpaired) electrons. The fourth-order valence-corrected chi connectivity index (χ4v) is 2.46. The van der Waals surface area contributed by atoms with Gasteiger partial charge in [-0.1, -0.05) is 48.5 Å². The monoisotopic (exact) mass is 416 g/mol. The molecule has 0 amide bonds. The molecule has 5 nitrogen and oxygen atoms in total. The van der Waals surface area contributed by atoms with Crippen molar-refractivity contribution in [1.29, 1.82) is 0 Å². The standard InChI is InChI=1S/C12H9IO.2C2H4O2/c14-13-12-9-5-4-8-11(12)10-6-2-1-3-7-10;2*1-2(3)4/h1-9H;2*1H3,(H,3,4). The summed E-state index contributed by atoms with van der Waals surface area (Å²) in [5.74, 6) is -1.67. The summed E-state index contributed by atoms with van der Waals surface area (Å²) >= 11 is -1.09. The highest BCUT2D eigenvalue weighted by Gasteiger charge is 2.02. The zero-order valence-electron chi connectivity index (χ0n) is 12.2. The molecule has 0 spiro atoms. The highest BCUT2D eigenvalue weighted by atomic mass is 127. The molecule has 0 unspecified atom stereocenters. The number of hydrogen-bond acceptors (Lipinski definition) is 3. The first-order chi connectivity index (χ1) is 10.4. The number of carboxylic acids is 2. The Bertz CT molecular complexity index is 591. The van der Waals surface area contributed by atoms with Crippen LogP contribution in [-0.4, -0.2) is 22.2 Å². The first-order valence-corrected chi connectivity index (χ1v) is 8.15. The number of hydrogen-bond donors (Lipinski definition) is 2. The summed E-state index contributed by atoms with van der Waals surface area (Å²) in [6.45, 7) is 2.17. The summed E-state index contributed by atoms with van der Waals surface area (Å²) < 4.78 is 12.0. The fourth-order valence-electron chi connectivity index (χ4n) is 1.38. The molecule has 0 aromatic heterocycles. The van der Waals surface area contributed by atoms with Crippen molar-refractivity contribution in [2.45, 2.75) is 13.8 Å². The molecule has 2 aromatic carbocycles. The second kappa shape index (κ2) is 11.6. The van der Waals surface area contributed by atoms with Crippen LogP contribution in [-0.2, 0) is 12.7 Å². The van der Waals surface area contributed by atoms with Gasteiger partial charge in [-0.05, 0) is 17.2 Å². The van der Waals surface area contributed by atoms with Crippen LogP contribution in [0.5, 0.6) is 0 Å². The summed E-state index contributed by atoms with van der Waals surface area (Å²) in [7, 11) is 0. The lowest BCUT2D eigenvalue weighted by atomic mass is 10.1. The minimum Gasteiger partial charge on any atom is -0.481 e. The molecule has 118 valence electrons. The first-order valence-electron chi connectivity index (χ1n) is 6.19. The fraction of sp³-hybridized carbons (Fsp3) is 0.125. The van der Waals surface area contributed by atoms with E-state index in [1.807, 2.05) is 54.6 Å². The number of halogens is 1. The van der Waals surface area contributed by atoms with Crippen LogP contribution < -0.4 is 0 Å². The molecule has 2 N–H and O–H groups in total. The Morgan fingerprint density at radius 1 is 0.818 bits per heavy atom. The maximum absolute atomic E-state index is 11.0. The molecule has 2 rings (SSSR count). The van der Waals surface area contributed by atoms with Crippen molar-refractivity contribution in [1.82, 2.24) is 0 Å². The predicted molar refractivity (Wildman–Crippen MR) is 91.9 cm³/mol. The van der Waals surface area contributed by atoms with Gasteiger partial charge >= 0.3 is 0 Å². The van der Waals surface area contributed by atoms with Crippen LogP contribution in [0.25, 0.3) is 11.1 Å². The molecule has 6 heteroatoms. The predicted octanol–water partition coefficient (Wildman–Crippen LogP) is 4.02. The lowest BCUT2D eigenvalue weighted by molar-refractivity contribution is -0.135. The molecule has 2 aromatic rings. The van der Waals surface area contributed by atoms with Gasteiger partial charge in [-0.15, -0.1) is 0 Å². The zero-order valence-corrected chi connectivity index (χ0v) is 14.4. The molecule has 0 heterocycles. The molecule has 0 aliphatic rings. The van der Waals surface area contributed by atoms with E-state index in [4.69, 9.17) is 19.8 Å². The van der Waals surface area contributed by atoms with Gasteiger partial charge in [0.1, 0.15) is 0 Å². The van der Waals surface area contributed by atoms with Gasteiger partial charge in [0.25, 0.3) is 11.9 Å². The van der Waals surface area contributed by atoms with E-state index in [2.05, 4.69) is 0 Å². The van der Waals surface area contributed by atoms with E-state index in [1.54, 1.807) is 0 Å². The third kappa shape index (κ3) is 9.76. The average Bonchev–Trinajstić information content (AvgIpc) is 2.47. The molecule has 0 atom stereocenters. The summed E-state index contributed by atoms with van der Waals surface area (Å²) in [4.78, 5) is 18.0. The minimum absolute atomic E-state index is 0.833.